The minimum absolute atomic E-state index is 0.0340. The van der Waals surface area contributed by atoms with Crippen LogP contribution in [-0.4, -0.2) is 76.3 Å². The number of carbonyl (C=O) groups excluding carboxylic acids is 2. The number of aryl methyl sites for hydroxylation is 1. The van der Waals surface area contributed by atoms with Crippen molar-refractivity contribution in [1.82, 2.24) is 24.3 Å². The molecule has 0 aliphatic carbocycles. The van der Waals surface area contributed by atoms with Gasteiger partial charge >= 0.3 is 6.18 Å². The number of hydrogen-bond acceptors (Lipinski definition) is 4. The molecule has 10 heteroatoms. The van der Waals surface area contributed by atoms with Crippen LogP contribution in [0.25, 0.3) is 11.4 Å². The fraction of sp³-hybridized carbons (Fsp3) is 0.550. The van der Waals surface area contributed by atoms with Crippen molar-refractivity contribution < 1.29 is 22.8 Å². The number of rotatable bonds is 4. The summed E-state index contributed by atoms with van der Waals surface area (Å²) in [5.74, 6) is -0.112. The lowest BCUT2D eigenvalue weighted by molar-refractivity contribution is -0.141. The minimum Gasteiger partial charge on any atom is -0.347 e. The topological polar surface area (TPSA) is 61.7 Å². The second-order valence-corrected chi connectivity index (χ2v) is 7.89. The average Bonchev–Trinajstić information content (AvgIpc) is 3.01. The smallest absolute Gasteiger partial charge is 0.347 e. The SMILES string of the molecule is CC(=O)N1CCN(Cc2c3cc(C)cn(CC(=O)N(C)C)c-3nc2C(F)(F)F)CC1. The molecule has 7 nitrogen and oxygen atoms in total. The first kappa shape index (κ1) is 22.1. The van der Waals surface area contributed by atoms with E-state index in [9.17, 15) is 22.8 Å². The average molecular weight is 425 g/mol. The third kappa shape index (κ3) is 4.58. The van der Waals surface area contributed by atoms with Crippen LogP contribution in [-0.2, 0) is 28.9 Å². The lowest BCUT2D eigenvalue weighted by Gasteiger charge is -2.34. The molecule has 0 atom stereocenters. The molecule has 0 radical (unpaired) electrons. The maximum atomic E-state index is 13.8. The van der Waals surface area contributed by atoms with Gasteiger partial charge in [-0.15, -0.1) is 0 Å². The number of amides is 2. The molecule has 3 heterocycles. The van der Waals surface area contributed by atoms with Gasteiger partial charge in [0, 0.05) is 71.1 Å². The summed E-state index contributed by atoms with van der Waals surface area (Å²) in [7, 11) is 3.20. The maximum Gasteiger partial charge on any atom is 0.433 e. The highest BCUT2D eigenvalue weighted by molar-refractivity contribution is 5.77. The Bertz CT molecular complexity index is 914. The highest BCUT2D eigenvalue weighted by atomic mass is 19.4. The number of hydrogen-bond donors (Lipinski definition) is 0. The normalized spacial score (nSPS) is 15.6. The maximum absolute atomic E-state index is 13.8. The van der Waals surface area contributed by atoms with Gasteiger partial charge in [-0.3, -0.25) is 14.5 Å². The van der Waals surface area contributed by atoms with Crippen molar-refractivity contribution in [3.05, 3.63) is 29.1 Å². The largest absolute Gasteiger partial charge is 0.433 e. The Hall–Kier alpha value is -2.62. The van der Waals surface area contributed by atoms with E-state index in [1.807, 2.05) is 4.90 Å². The molecule has 1 saturated heterocycles. The molecule has 0 unspecified atom stereocenters. The standard InChI is InChI=1S/C20H26F3N5O2/c1-13-9-15-16(11-26-5-7-27(8-6-26)14(2)29)18(20(21,22)23)24-19(15)28(10-13)12-17(30)25(3)4/h9-10H,5-8,11-12H2,1-4H3. The Morgan fingerprint density at radius 1 is 1.17 bits per heavy atom. The Morgan fingerprint density at radius 3 is 2.33 bits per heavy atom. The van der Waals surface area contributed by atoms with Gasteiger partial charge in [0.2, 0.25) is 11.8 Å². The van der Waals surface area contributed by atoms with Crippen molar-refractivity contribution >= 4 is 11.8 Å². The molecule has 2 amide bonds. The second-order valence-electron chi connectivity index (χ2n) is 7.89. The van der Waals surface area contributed by atoms with E-state index in [0.29, 0.717) is 31.7 Å². The second kappa shape index (κ2) is 8.25. The fourth-order valence-electron chi connectivity index (χ4n) is 3.69. The number of alkyl halides is 3. The van der Waals surface area contributed by atoms with E-state index in [1.165, 1.54) is 16.4 Å². The van der Waals surface area contributed by atoms with Gasteiger partial charge in [-0.05, 0) is 18.6 Å². The summed E-state index contributed by atoms with van der Waals surface area (Å²) >= 11 is 0. The summed E-state index contributed by atoms with van der Waals surface area (Å²) in [6.45, 7) is 5.23. The van der Waals surface area contributed by atoms with Crippen molar-refractivity contribution in [2.75, 3.05) is 40.3 Å². The molecule has 0 saturated carbocycles. The van der Waals surface area contributed by atoms with Gasteiger partial charge in [0.1, 0.15) is 12.4 Å². The third-order valence-electron chi connectivity index (χ3n) is 5.35. The van der Waals surface area contributed by atoms with Crippen molar-refractivity contribution in [1.29, 1.82) is 0 Å². The quantitative estimate of drug-likeness (QED) is 0.753. The first-order valence-electron chi connectivity index (χ1n) is 9.72. The van der Waals surface area contributed by atoms with Crippen LogP contribution >= 0.6 is 0 Å². The summed E-state index contributed by atoms with van der Waals surface area (Å²) in [6.07, 6.45) is -2.96. The molecular weight excluding hydrogens is 399 g/mol. The highest BCUT2D eigenvalue weighted by Gasteiger charge is 2.40. The van der Waals surface area contributed by atoms with E-state index in [1.54, 1.807) is 38.2 Å². The zero-order valence-corrected chi connectivity index (χ0v) is 17.6. The predicted octanol–water partition coefficient (Wildman–Crippen LogP) is 2.07. The van der Waals surface area contributed by atoms with Crippen LogP contribution in [0.3, 0.4) is 0 Å². The number of pyridine rings is 1. The van der Waals surface area contributed by atoms with Crippen molar-refractivity contribution in [3.63, 3.8) is 0 Å². The summed E-state index contributed by atoms with van der Waals surface area (Å²) < 4.78 is 42.9. The molecule has 30 heavy (non-hydrogen) atoms. The lowest BCUT2D eigenvalue weighted by atomic mass is 10.1. The van der Waals surface area contributed by atoms with Gasteiger partial charge in [0.05, 0.1) is 0 Å². The number of nitrogens with zero attached hydrogens (tertiary/aromatic N) is 5. The Balaban J connectivity index is 1.97. The molecule has 164 valence electrons. The number of fused-ring (bicyclic) bond motifs is 1. The van der Waals surface area contributed by atoms with E-state index in [-0.39, 0.29) is 36.3 Å². The van der Waals surface area contributed by atoms with E-state index < -0.39 is 11.9 Å². The van der Waals surface area contributed by atoms with Gasteiger partial charge in [0.25, 0.3) is 0 Å². The van der Waals surface area contributed by atoms with E-state index in [2.05, 4.69) is 4.98 Å². The van der Waals surface area contributed by atoms with Crippen molar-refractivity contribution in [3.8, 4) is 11.4 Å². The molecule has 0 N–H and O–H groups in total. The third-order valence-corrected chi connectivity index (χ3v) is 5.35. The zero-order valence-electron chi connectivity index (χ0n) is 17.6. The van der Waals surface area contributed by atoms with Crippen LogP contribution in [0.15, 0.2) is 12.3 Å². The molecule has 0 spiro atoms. The molecular formula is C20H26F3N5O2. The molecule has 0 aromatic carbocycles. The Labute approximate surface area is 173 Å². The first-order valence-corrected chi connectivity index (χ1v) is 9.72. The number of likely N-dealkylation sites (N-methyl/N-ethyl adjacent to an activating group) is 1. The van der Waals surface area contributed by atoms with E-state index in [0.717, 1.165) is 5.56 Å². The highest BCUT2D eigenvalue weighted by Crippen LogP contribution is 2.39. The van der Waals surface area contributed by atoms with Crippen LogP contribution in [0.4, 0.5) is 13.2 Å². The lowest BCUT2D eigenvalue weighted by Crippen LogP contribution is -2.47. The number of aromatic nitrogens is 2. The molecule has 3 aliphatic heterocycles. The van der Waals surface area contributed by atoms with Crippen molar-refractivity contribution in [2.24, 2.45) is 0 Å². The molecule has 3 rings (SSSR count). The van der Waals surface area contributed by atoms with Crippen LogP contribution in [0.5, 0.6) is 0 Å². The van der Waals surface area contributed by atoms with Gasteiger partial charge in [-0.1, -0.05) is 0 Å². The summed E-state index contributed by atoms with van der Waals surface area (Å²) in [4.78, 5) is 32.6. The Morgan fingerprint density at radius 2 is 1.80 bits per heavy atom. The monoisotopic (exact) mass is 425 g/mol. The number of halogens is 3. The summed E-state index contributed by atoms with van der Waals surface area (Å²) in [6, 6.07) is 1.69. The minimum atomic E-state index is -4.60. The van der Waals surface area contributed by atoms with Gasteiger partial charge in [-0.2, -0.15) is 13.2 Å². The van der Waals surface area contributed by atoms with Crippen LogP contribution in [0.2, 0.25) is 0 Å². The van der Waals surface area contributed by atoms with Crippen LogP contribution in [0, 0.1) is 6.92 Å². The predicted molar refractivity (Wildman–Crippen MR) is 105 cm³/mol. The van der Waals surface area contributed by atoms with Crippen LogP contribution < -0.4 is 0 Å². The summed E-state index contributed by atoms with van der Waals surface area (Å²) in [5.41, 5.74) is 0.354. The van der Waals surface area contributed by atoms with Gasteiger partial charge < -0.3 is 14.4 Å². The molecule has 0 aromatic rings. The van der Waals surface area contributed by atoms with Crippen molar-refractivity contribution in [2.45, 2.75) is 33.1 Å². The molecule has 0 bridgehead atoms. The number of carbonyl (C=O) groups is 2. The van der Waals surface area contributed by atoms with Crippen LogP contribution in [0.1, 0.15) is 23.7 Å². The zero-order chi connectivity index (χ0) is 22.2. The molecule has 3 aliphatic rings. The molecule has 0 aromatic heterocycles. The van der Waals surface area contributed by atoms with E-state index >= 15 is 0 Å². The van der Waals surface area contributed by atoms with Gasteiger partial charge in [0.15, 0.2) is 5.69 Å². The first-order chi connectivity index (χ1) is 14.0. The fourth-order valence-corrected chi connectivity index (χ4v) is 3.69. The van der Waals surface area contributed by atoms with E-state index in [4.69, 9.17) is 0 Å². The number of piperazine rings is 1. The molecule has 1 fully saturated rings. The Kier molecular flexibility index (Phi) is 6.07. The van der Waals surface area contributed by atoms with Gasteiger partial charge in [-0.25, -0.2) is 4.98 Å². The summed E-state index contributed by atoms with van der Waals surface area (Å²) in [5, 5.41) is 0.